The third kappa shape index (κ3) is 3.38. The normalized spacial score (nSPS) is 17.2. The third-order valence-corrected chi connectivity index (χ3v) is 4.84. The average molecular weight is 359 g/mol. The molecule has 1 atom stereocenters. The fourth-order valence-corrected chi connectivity index (χ4v) is 3.32. The van der Waals surface area contributed by atoms with E-state index >= 15 is 0 Å². The summed E-state index contributed by atoms with van der Waals surface area (Å²) in [5.74, 6) is 0.521. The molecule has 25 heavy (non-hydrogen) atoms. The highest BCUT2D eigenvalue weighted by molar-refractivity contribution is 6.31. The minimum absolute atomic E-state index is 0.223. The van der Waals surface area contributed by atoms with Crippen molar-refractivity contribution < 1.29 is 0 Å². The van der Waals surface area contributed by atoms with Crippen LogP contribution in [-0.2, 0) is 6.54 Å². The van der Waals surface area contributed by atoms with Crippen molar-refractivity contribution in [3.8, 4) is 0 Å². The first kappa shape index (κ1) is 16.1. The molecule has 0 aliphatic carbocycles. The van der Waals surface area contributed by atoms with Gasteiger partial charge in [-0.3, -0.25) is 4.57 Å². The summed E-state index contributed by atoms with van der Waals surface area (Å²) in [6.07, 6.45) is 3.98. The highest BCUT2D eigenvalue weighted by Crippen LogP contribution is 2.18. The Kier molecular flexibility index (Phi) is 4.42. The molecule has 3 aromatic rings. The fourth-order valence-electron chi connectivity index (χ4n) is 3.12. The highest BCUT2D eigenvalue weighted by atomic mass is 35.5. The maximum absolute atomic E-state index is 12.3. The fraction of sp³-hybridized carbons (Fsp3) is 0.353. The first-order valence-corrected chi connectivity index (χ1v) is 8.75. The number of hydrogen-bond acceptors (Lipinski definition) is 5. The summed E-state index contributed by atoms with van der Waals surface area (Å²) in [6.45, 7) is 2.19. The number of benzene rings is 1. The molecule has 0 saturated carbocycles. The van der Waals surface area contributed by atoms with Gasteiger partial charge in [-0.15, -0.1) is 0 Å². The zero-order valence-electron chi connectivity index (χ0n) is 13.6. The lowest BCUT2D eigenvalue weighted by Crippen LogP contribution is -2.29. The lowest BCUT2D eigenvalue weighted by Gasteiger charge is -2.11. The maximum atomic E-state index is 12.3. The second-order valence-corrected chi connectivity index (χ2v) is 6.62. The van der Waals surface area contributed by atoms with E-state index in [1.165, 1.54) is 6.42 Å². The minimum Gasteiger partial charge on any atom is -0.353 e. The molecule has 1 fully saturated rings. The Bertz CT molecular complexity index is 944. The maximum Gasteiger partial charge on any atom is 0.328 e. The van der Waals surface area contributed by atoms with Crippen LogP contribution in [0.1, 0.15) is 18.4 Å². The molecule has 7 nitrogen and oxygen atoms in total. The summed E-state index contributed by atoms with van der Waals surface area (Å²) in [5.41, 5.74) is 1.83. The SMILES string of the molecule is O=c1[nH]c2cnc(NCC3CCCN3)nc2n1Cc1ccccc1Cl. The summed E-state index contributed by atoms with van der Waals surface area (Å²) in [5, 5.41) is 7.30. The van der Waals surface area contributed by atoms with Crippen LogP contribution in [0.2, 0.25) is 5.02 Å². The number of H-pyrrole nitrogens is 1. The number of nitrogens with one attached hydrogen (secondary N) is 3. The van der Waals surface area contributed by atoms with Gasteiger partial charge in [-0.2, -0.15) is 4.98 Å². The highest BCUT2D eigenvalue weighted by Gasteiger charge is 2.15. The molecule has 1 aliphatic heterocycles. The van der Waals surface area contributed by atoms with Gasteiger partial charge in [0.25, 0.3) is 0 Å². The molecule has 0 spiro atoms. The monoisotopic (exact) mass is 358 g/mol. The summed E-state index contributed by atoms with van der Waals surface area (Å²) >= 11 is 6.22. The average Bonchev–Trinajstić information content (AvgIpc) is 3.23. The molecule has 4 rings (SSSR count). The zero-order valence-corrected chi connectivity index (χ0v) is 14.4. The standard InChI is InChI=1S/C17H19ClN6O/c18-13-6-2-1-4-11(13)10-24-15-14(22-17(24)25)9-21-16(23-15)20-8-12-5-3-7-19-12/h1-2,4,6,9,12,19H,3,5,7-8,10H2,(H,22,25)(H,20,21,23). The first-order chi connectivity index (χ1) is 12.2. The molecule has 3 N–H and O–H groups in total. The Hall–Kier alpha value is -2.38. The van der Waals surface area contributed by atoms with Gasteiger partial charge in [-0.1, -0.05) is 29.8 Å². The van der Waals surface area contributed by atoms with Gasteiger partial charge in [0.05, 0.1) is 12.7 Å². The van der Waals surface area contributed by atoms with Gasteiger partial charge in [0, 0.05) is 17.6 Å². The van der Waals surface area contributed by atoms with Crippen molar-refractivity contribution in [3.05, 3.63) is 51.5 Å². The van der Waals surface area contributed by atoms with Gasteiger partial charge in [0.1, 0.15) is 5.52 Å². The second kappa shape index (κ2) is 6.85. The van der Waals surface area contributed by atoms with Gasteiger partial charge in [-0.25, -0.2) is 9.78 Å². The molecule has 0 amide bonds. The van der Waals surface area contributed by atoms with Crippen LogP contribution in [0.4, 0.5) is 5.95 Å². The van der Waals surface area contributed by atoms with Crippen LogP contribution in [0, 0.1) is 0 Å². The van der Waals surface area contributed by atoms with E-state index in [0.29, 0.717) is 34.7 Å². The molecule has 8 heteroatoms. The van der Waals surface area contributed by atoms with E-state index < -0.39 is 0 Å². The Balaban J connectivity index is 1.62. The summed E-state index contributed by atoms with van der Waals surface area (Å²) < 4.78 is 1.58. The zero-order chi connectivity index (χ0) is 17.2. The smallest absolute Gasteiger partial charge is 0.328 e. The number of hydrogen-bond donors (Lipinski definition) is 3. The van der Waals surface area contributed by atoms with Crippen molar-refractivity contribution in [1.82, 2.24) is 24.8 Å². The van der Waals surface area contributed by atoms with E-state index in [-0.39, 0.29) is 5.69 Å². The molecule has 1 aliphatic rings. The van der Waals surface area contributed by atoms with Gasteiger partial charge in [0.15, 0.2) is 5.65 Å². The van der Waals surface area contributed by atoms with Crippen LogP contribution >= 0.6 is 11.6 Å². The molecule has 1 aromatic carbocycles. The second-order valence-electron chi connectivity index (χ2n) is 6.21. The van der Waals surface area contributed by atoms with Crippen molar-refractivity contribution >= 4 is 28.7 Å². The third-order valence-electron chi connectivity index (χ3n) is 4.47. The summed E-state index contributed by atoms with van der Waals surface area (Å²) in [4.78, 5) is 23.9. The van der Waals surface area contributed by atoms with E-state index in [2.05, 4.69) is 25.6 Å². The molecule has 1 unspecified atom stereocenters. The largest absolute Gasteiger partial charge is 0.353 e. The number of aromatic amines is 1. The predicted molar refractivity (Wildman–Crippen MR) is 98.2 cm³/mol. The van der Waals surface area contributed by atoms with Gasteiger partial charge in [0.2, 0.25) is 5.95 Å². The van der Waals surface area contributed by atoms with Gasteiger partial charge < -0.3 is 15.6 Å². The van der Waals surface area contributed by atoms with Crippen molar-refractivity contribution in [1.29, 1.82) is 0 Å². The van der Waals surface area contributed by atoms with Crippen LogP contribution in [-0.4, -0.2) is 38.7 Å². The van der Waals surface area contributed by atoms with E-state index in [1.54, 1.807) is 10.8 Å². The minimum atomic E-state index is -0.223. The van der Waals surface area contributed by atoms with Gasteiger partial charge >= 0.3 is 5.69 Å². The lowest BCUT2D eigenvalue weighted by atomic mass is 10.2. The van der Waals surface area contributed by atoms with Crippen molar-refractivity contribution in [2.75, 3.05) is 18.4 Å². The van der Waals surface area contributed by atoms with E-state index in [1.807, 2.05) is 24.3 Å². The molecule has 2 aromatic heterocycles. The van der Waals surface area contributed by atoms with Crippen molar-refractivity contribution in [3.63, 3.8) is 0 Å². The van der Waals surface area contributed by atoms with Crippen molar-refractivity contribution in [2.24, 2.45) is 0 Å². The van der Waals surface area contributed by atoms with Crippen molar-refractivity contribution in [2.45, 2.75) is 25.4 Å². The Labute approximate surface area is 149 Å². The van der Waals surface area contributed by atoms with Crippen LogP contribution in [0.25, 0.3) is 11.2 Å². The Morgan fingerprint density at radius 1 is 1.36 bits per heavy atom. The predicted octanol–water partition coefficient (Wildman–Crippen LogP) is 1.99. The van der Waals surface area contributed by atoms with Crippen LogP contribution in [0.15, 0.2) is 35.3 Å². The molecule has 0 bridgehead atoms. The number of imidazole rings is 1. The molecule has 3 heterocycles. The van der Waals surface area contributed by atoms with Crippen LogP contribution in [0.3, 0.4) is 0 Å². The number of anilines is 1. The number of aromatic nitrogens is 4. The topological polar surface area (TPSA) is 87.6 Å². The molecular formula is C17H19ClN6O. The summed E-state index contributed by atoms with van der Waals surface area (Å²) in [6, 6.07) is 7.92. The lowest BCUT2D eigenvalue weighted by molar-refractivity contribution is 0.631. The van der Waals surface area contributed by atoms with E-state index in [9.17, 15) is 4.79 Å². The van der Waals surface area contributed by atoms with E-state index in [4.69, 9.17) is 11.6 Å². The Morgan fingerprint density at radius 3 is 3.04 bits per heavy atom. The molecule has 1 saturated heterocycles. The van der Waals surface area contributed by atoms with Crippen LogP contribution < -0.4 is 16.3 Å². The molecule has 0 radical (unpaired) electrons. The number of nitrogens with zero attached hydrogens (tertiary/aromatic N) is 3. The summed E-state index contributed by atoms with van der Waals surface area (Å²) in [7, 11) is 0. The molecular weight excluding hydrogens is 340 g/mol. The van der Waals surface area contributed by atoms with Gasteiger partial charge in [-0.05, 0) is 31.0 Å². The Morgan fingerprint density at radius 2 is 2.24 bits per heavy atom. The number of halogens is 1. The van der Waals surface area contributed by atoms with Crippen LogP contribution in [0.5, 0.6) is 0 Å². The first-order valence-electron chi connectivity index (χ1n) is 8.37. The van der Waals surface area contributed by atoms with E-state index in [0.717, 1.165) is 25.1 Å². The number of fused-ring (bicyclic) bond motifs is 1. The molecule has 130 valence electrons. The quantitative estimate of drug-likeness (QED) is 0.649. The number of rotatable bonds is 5.